The molecule has 3 heteroatoms. The molecule has 1 saturated heterocycles. The van der Waals surface area contributed by atoms with E-state index in [-0.39, 0.29) is 0 Å². The van der Waals surface area contributed by atoms with E-state index in [1.807, 2.05) is 0 Å². The van der Waals surface area contributed by atoms with Gasteiger partial charge < -0.3 is 10.2 Å². The van der Waals surface area contributed by atoms with E-state index in [4.69, 9.17) is 0 Å². The SMILES string of the molecule is CC(C)CNCC1CCC1N1CCCC1CN(C)C. The van der Waals surface area contributed by atoms with Crippen LogP contribution in [-0.4, -0.2) is 62.2 Å². The van der Waals surface area contributed by atoms with Gasteiger partial charge in [-0.1, -0.05) is 13.8 Å². The van der Waals surface area contributed by atoms with Crippen molar-refractivity contribution in [3.05, 3.63) is 0 Å². The van der Waals surface area contributed by atoms with Gasteiger partial charge in [-0.3, -0.25) is 4.90 Å². The molecule has 112 valence electrons. The highest BCUT2D eigenvalue weighted by Crippen LogP contribution is 2.36. The summed E-state index contributed by atoms with van der Waals surface area (Å²) < 4.78 is 0. The summed E-state index contributed by atoms with van der Waals surface area (Å²) in [6.07, 6.45) is 5.67. The zero-order chi connectivity index (χ0) is 13.8. The van der Waals surface area contributed by atoms with Crippen LogP contribution in [0.1, 0.15) is 39.5 Å². The Morgan fingerprint density at radius 1 is 1.21 bits per heavy atom. The fourth-order valence-corrected chi connectivity index (χ4v) is 3.70. The molecule has 3 atom stereocenters. The molecule has 0 aromatic carbocycles. The first-order valence-electron chi connectivity index (χ1n) is 8.19. The van der Waals surface area contributed by atoms with Gasteiger partial charge in [-0.2, -0.15) is 0 Å². The Bertz CT molecular complexity index is 265. The molecule has 0 bridgehead atoms. The molecule has 0 aromatic rings. The summed E-state index contributed by atoms with van der Waals surface area (Å²) in [6, 6.07) is 1.68. The molecular formula is C16H33N3. The summed E-state index contributed by atoms with van der Waals surface area (Å²) in [5.41, 5.74) is 0. The Labute approximate surface area is 119 Å². The van der Waals surface area contributed by atoms with Crippen LogP contribution in [0.2, 0.25) is 0 Å². The maximum Gasteiger partial charge on any atom is 0.0226 e. The van der Waals surface area contributed by atoms with Gasteiger partial charge in [0.2, 0.25) is 0 Å². The predicted octanol–water partition coefficient (Wildman–Crippen LogP) is 2.04. The molecule has 2 rings (SSSR count). The van der Waals surface area contributed by atoms with Crippen molar-refractivity contribution >= 4 is 0 Å². The van der Waals surface area contributed by atoms with Crippen molar-refractivity contribution < 1.29 is 0 Å². The Kier molecular flexibility index (Phi) is 5.67. The summed E-state index contributed by atoms with van der Waals surface area (Å²) in [4.78, 5) is 5.18. The topological polar surface area (TPSA) is 18.5 Å². The number of nitrogens with zero attached hydrogens (tertiary/aromatic N) is 2. The fourth-order valence-electron chi connectivity index (χ4n) is 3.70. The Morgan fingerprint density at radius 2 is 2.00 bits per heavy atom. The molecule has 2 aliphatic rings. The number of rotatable bonds is 7. The lowest BCUT2D eigenvalue weighted by Gasteiger charge is -2.46. The molecule has 1 heterocycles. The Morgan fingerprint density at radius 3 is 2.58 bits per heavy atom. The van der Waals surface area contributed by atoms with Crippen molar-refractivity contribution in [2.45, 2.75) is 51.6 Å². The molecule has 2 fully saturated rings. The van der Waals surface area contributed by atoms with E-state index < -0.39 is 0 Å². The molecule has 0 aromatic heterocycles. The average Bonchev–Trinajstić information content (AvgIpc) is 2.70. The van der Waals surface area contributed by atoms with Crippen LogP contribution in [0.15, 0.2) is 0 Å². The predicted molar refractivity (Wildman–Crippen MR) is 82.5 cm³/mol. The van der Waals surface area contributed by atoms with E-state index >= 15 is 0 Å². The lowest BCUT2D eigenvalue weighted by atomic mass is 9.78. The first-order chi connectivity index (χ1) is 9.08. The number of likely N-dealkylation sites (N-methyl/N-ethyl adjacent to an activating group) is 1. The van der Waals surface area contributed by atoms with E-state index in [9.17, 15) is 0 Å². The summed E-state index contributed by atoms with van der Waals surface area (Å²) in [6.45, 7) is 9.56. The van der Waals surface area contributed by atoms with Crippen molar-refractivity contribution in [2.24, 2.45) is 11.8 Å². The lowest BCUT2D eigenvalue weighted by Crippen LogP contribution is -2.54. The smallest absolute Gasteiger partial charge is 0.0226 e. The normalized spacial score (nSPS) is 32.2. The number of likely N-dealkylation sites (tertiary alicyclic amines) is 1. The zero-order valence-electron chi connectivity index (χ0n) is 13.4. The van der Waals surface area contributed by atoms with Crippen molar-refractivity contribution in [1.29, 1.82) is 0 Å². The molecule has 3 nitrogen and oxygen atoms in total. The number of hydrogen-bond donors (Lipinski definition) is 1. The van der Waals surface area contributed by atoms with Gasteiger partial charge in [-0.05, 0) is 71.2 Å². The van der Waals surface area contributed by atoms with Crippen LogP contribution in [0, 0.1) is 11.8 Å². The second-order valence-electron chi connectivity index (χ2n) is 7.25. The van der Waals surface area contributed by atoms with Crippen LogP contribution in [0.4, 0.5) is 0 Å². The van der Waals surface area contributed by atoms with E-state index in [1.165, 1.54) is 51.9 Å². The first-order valence-corrected chi connectivity index (χ1v) is 8.19. The molecule has 3 unspecified atom stereocenters. The highest BCUT2D eigenvalue weighted by atomic mass is 15.3. The molecule has 1 aliphatic heterocycles. The molecule has 0 amide bonds. The van der Waals surface area contributed by atoms with Gasteiger partial charge in [0.25, 0.3) is 0 Å². The molecule has 1 N–H and O–H groups in total. The highest BCUT2D eigenvalue weighted by molar-refractivity contribution is 4.95. The van der Waals surface area contributed by atoms with Gasteiger partial charge in [-0.15, -0.1) is 0 Å². The number of hydrogen-bond acceptors (Lipinski definition) is 3. The maximum atomic E-state index is 3.66. The van der Waals surface area contributed by atoms with Gasteiger partial charge in [-0.25, -0.2) is 0 Å². The van der Waals surface area contributed by atoms with Crippen LogP contribution in [0.25, 0.3) is 0 Å². The fraction of sp³-hybridized carbons (Fsp3) is 1.00. The van der Waals surface area contributed by atoms with Gasteiger partial charge in [0.1, 0.15) is 0 Å². The van der Waals surface area contributed by atoms with Crippen LogP contribution in [0.5, 0.6) is 0 Å². The quantitative estimate of drug-likeness (QED) is 0.761. The minimum atomic E-state index is 0.770. The molecule has 1 aliphatic carbocycles. The molecule has 0 radical (unpaired) electrons. The van der Waals surface area contributed by atoms with Gasteiger partial charge in [0, 0.05) is 18.6 Å². The zero-order valence-corrected chi connectivity index (χ0v) is 13.4. The summed E-state index contributed by atoms with van der Waals surface area (Å²) in [5.74, 6) is 1.67. The Balaban J connectivity index is 1.77. The lowest BCUT2D eigenvalue weighted by molar-refractivity contribution is 0.0434. The summed E-state index contributed by atoms with van der Waals surface area (Å²) in [5, 5.41) is 3.66. The first kappa shape index (κ1) is 15.3. The monoisotopic (exact) mass is 267 g/mol. The minimum Gasteiger partial charge on any atom is -0.316 e. The van der Waals surface area contributed by atoms with Crippen molar-refractivity contribution in [2.75, 3.05) is 40.3 Å². The Hall–Kier alpha value is -0.120. The second-order valence-corrected chi connectivity index (χ2v) is 7.25. The number of nitrogens with one attached hydrogen (secondary N) is 1. The minimum absolute atomic E-state index is 0.770. The van der Waals surface area contributed by atoms with Crippen LogP contribution in [-0.2, 0) is 0 Å². The van der Waals surface area contributed by atoms with Gasteiger partial charge in [0.05, 0.1) is 0 Å². The molecule has 0 spiro atoms. The van der Waals surface area contributed by atoms with Gasteiger partial charge in [0.15, 0.2) is 0 Å². The summed E-state index contributed by atoms with van der Waals surface area (Å²) in [7, 11) is 4.41. The third-order valence-corrected chi connectivity index (χ3v) is 4.76. The van der Waals surface area contributed by atoms with E-state index in [2.05, 4.69) is 43.1 Å². The van der Waals surface area contributed by atoms with Crippen molar-refractivity contribution in [3.8, 4) is 0 Å². The van der Waals surface area contributed by atoms with Crippen LogP contribution in [0.3, 0.4) is 0 Å². The van der Waals surface area contributed by atoms with Crippen molar-refractivity contribution in [3.63, 3.8) is 0 Å². The maximum absolute atomic E-state index is 3.66. The molecular weight excluding hydrogens is 234 g/mol. The summed E-state index contributed by atoms with van der Waals surface area (Å²) >= 11 is 0. The molecule has 1 saturated carbocycles. The van der Waals surface area contributed by atoms with Crippen LogP contribution >= 0.6 is 0 Å². The average molecular weight is 267 g/mol. The van der Waals surface area contributed by atoms with Gasteiger partial charge >= 0.3 is 0 Å². The van der Waals surface area contributed by atoms with E-state index in [1.54, 1.807) is 0 Å². The largest absolute Gasteiger partial charge is 0.316 e. The molecule has 19 heavy (non-hydrogen) atoms. The van der Waals surface area contributed by atoms with Crippen LogP contribution < -0.4 is 5.32 Å². The standard InChI is InChI=1S/C16H33N3/c1-13(2)10-17-11-14-7-8-16(14)19-9-5-6-15(19)12-18(3)4/h13-17H,5-12H2,1-4H3. The van der Waals surface area contributed by atoms with Crippen molar-refractivity contribution in [1.82, 2.24) is 15.1 Å². The second kappa shape index (κ2) is 7.05. The van der Waals surface area contributed by atoms with E-state index in [0.29, 0.717) is 0 Å². The van der Waals surface area contributed by atoms with E-state index in [0.717, 1.165) is 23.9 Å². The third kappa shape index (κ3) is 4.17. The third-order valence-electron chi connectivity index (χ3n) is 4.76. The highest BCUT2D eigenvalue weighted by Gasteiger charge is 2.40.